The predicted molar refractivity (Wildman–Crippen MR) is 95.7 cm³/mol. The zero-order valence-electron chi connectivity index (χ0n) is 14.7. The molecule has 0 aromatic heterocycles. The van der Waals surface area contributed by atoms with E-state index in [0.29, 0.717) is 24.1 Å². The van der Waals surface area contributed by atoms with E-state index in [4.69, 9.17) is 0 Å². The molecule has 2 aromatic carbocycles. The number of rotatable bonds is 3. The van der Waals surface area contributed by atoms with Crippen LogP contribution >= 0.6 is 0 Å². The Bertz CT molecular complexity index is 842. The van der Waals surface area contributed by atoms with Crippen molar-refractivity contribution in [2.45, 2.75) is 38.3 Å². The minimum atomic E-state index is -4.42. The van der Waals surface area contributed by atoms with Crippen LogP contribution in [-0.4, -0.2) is 11.5 Å². The Morgan fingerprint density at radius 3 is 2.46 bits per heavy atom. The number of carbonyl (C=O) groups excluding carboxylic acids is 1. The Kier molecular flexibility index (Phi) is 4.74. The minimum absolute atomic E-state index is 0.0611. The number of para-hydroxylation sites is 1. The van der Waals surface area contributed by atoms with Crippen molar-refractivity contribution in [1.82, 2.24) is 0 Å². The summed E-state index contributed by atoms with van der Waals surface area (Å²) in [6.07, 6.45) is -3.31. The largest absolute Gasteiger partial charge is 0.416 e. The topological polar surface area (TPSA) is 29.4 Å². The monoisotopic (exact) mass is 359 g/mol. The van der Waals surface area contributed by atoms with Crippen LogP contribution in [0.15, 0.2) is 59.6 Å². The Morgan fingerprint density at radius 2 is 1.81 bits per heavy atom. The number of aliphatic imine (C=N–C) groups is 1. The summed E-state index contributed by atoms with van der Waals surface area (Å²) in [6, 6.07) is 14.5. The van der Waals surface area contributed by atoms with E-state index in [1.807, 2.05) is 37.3 Å². The highest BCUT2D eigenvalue weighted by Gasteiger charge is 2.46. The molecule has 26 heavy (non-hydrogen) atoms. The zero-order chi connectivity index (χ0) is 18.9. The first-order chi connectivity index (χ1) is 12.2. The fourth-order valence-electron chi connectivity index (χ4n) is 3.58. The molecule has 1 aliphatic carbocycles. The Balaban J connectivity index is 1.89. The third kappa shape index (κ3) is 3.43. The van der Waals surface area contributed by atoms with Gasteiger partial charge >= 0.3 is 6.18 Å². The van der Waals surface area contributed by atoms with Crippen LogP contribution in [0.25, 0.3) is 0 Å². The molecular weight excluding hydrogens is 339 g/mol. The highest BCUT2D eigenvalue weighted by atomic mass is 19.4. The summed E-state index contributed by atoms with van der Waals surface area (Å²) in [4.78, 5) is 17.6. The molecule has 1 saturated carbocycles. The van der Waals surface area contributed by atoms with Crippen molar-refractivity contribution in [3.63, 3.8) is 0 Å². The third-order valence-corrected chi connectivity index (χ3v) is 5.19. The van der Waals surface area contributed by atoms with Crippen molar-refractivity contribution >= 4 is 17.2 Å². The summed E-state index contributed by atoms with van der Waals surface area (Å²) in [7, 11) is 0. The van der Waals surface area contributed by atoms with Gasteiger partial charge in [0.2, 0.25) is 0 Å². The van der Waals surface area contributed by atoms with E-state index in [0.717, 1.165) is 17.8 Å². The highest BCUT2D eigenvalue weighted by Crippen LogP contribution is 2.43. The molecule has 2 nitrogen and oxygen atoms in total. The van der Waals surface area contributed by atoms with E-state index in [-0.39, 0.29) is 11.7 Å². The van der Waals surface area contributed by atoms with Gasteiger partial charge in [-0.25, -0.2) is 0 Å². The van der Waals surface area contributed by atoms with Gasteiger partial charge in [0, 0.05) is 5.71 Å². The van der Waals surface area contributed by atoms with Gasteiger partial charge in [-0.2, -0.15) is 13.2 Å². The molecule has 5 heteroatoms. The van der Waals surface area contributed by atoms with Crippen LogP contribution < -0.4 is 0 Å². The molecule has 0 radical (unpaired) electrons. The first-order valence-electron chi connectivity index (χ1n) is 8.54. The highest BCUT2D eigenvalue weighted by molar-refractivity contribution is 6.10. The molecule has 0 N–H and O–H groups in total. The lowest BCUT2D eigenvalue weighted by atomic mass is 9.78. The fraction of sp³-hybridized carbons (Fsp3) is 0.333. The van der Waals surface area contributed by atoms with E-state index in [2.05, 4.69) is 4.99 Å². The Labute approximate surface area is 150 Å². The predicted octanol–water partition coefficient (Wildman–Crippen LogP) is 5.73. The maximum absolute atomic E-state index is 13.1. The van der Waals surface area contributed by atoms with Crippen LogP contribution in [0.2, 0.25) is 0 Å². The number of hydrogen-bond acceptors (Lipinski definition) is 2. The van der Waals surface area contributed by atoms with Gasteiger partial charge in [-0.15, -0.1) is 0 Å². The average molecular weight is 359 g/mol. The van der Waals surface area contributed by atoms with Gasteiger partial charge in [-0.3, -0.25) is 9.79 Å². The van der Waals surface area contributed by atoms with E-state index in [1.165, 1.54) is 6.07 Å². The maximum atomic E-state index is 13.1. The summed E-state index contributed by atoms with van der Waals surface area (Å²) in [5.41, 5.74) is 0.260. The lowest BCUT2D eigenvalue weighted by Crippen LogP contribution is -2.32. The van der Waals surface area contributed by atoms with Gasteiger partial charge in [-0.05, 0) is 50.5 Å². The van der Waals surface area contributed by atoms with Crippen LogP contribution in [-0.2, 0) is 16.4 Å². The second-order valence-electron chi connectivity index (χ2n) is 6.95. The molecule has 0 amide bonds. The number of alkyl halides is 3. The molecule has 0 aliphatic heterocycles. The smallest absolute Gasteiger partial charge is 0.298 e. The summed E-state index contributed by atoms with van der Waals surface area (Å²) in [6.45, 7) is 3.55. The van der Waals surface area contributed by atoms with E-state index >= 15 is 0 Å². The van der Waals surface area contributed by atoms with Crippen molar-refractivity contribution in [3.8, 4) is 0 Å². The maximum Gasteiger partial charge on any atom is 0.416 e. The Morgan fingerprint density at radius 1 is 1.12 bits per heavy atom. The molecule has 2 aromatic rings. The lowest BCUT2D eigenvalue weighted by Gasteiger charge is -2.24. The summed E-state index contributed by atoms with van der Waals surface area (Å²) in [5.74, 6) is -0.427. The standard InChI is InChI=1S/C21H20F3NO/c1-14(25-17-9-4-3-5-10-17)18-11-12-20(2,19(18)26)15-7-6-8-16(13-15)21(22,23)24/h3-10,13,18H,11-12H2,1-2H3. The van der Waals surface area contributed by atoms with Gasteiger partial charge in [0.1, 0.15) is 0 Å². The van der Waals surface area contributed by atoms with Crippen molar-refractivity contribution in [3.05, 3.63) is 65.7 Å². The first-order valence-corrected chi connectivity index (χ1v) is 8.54. The number of carbonyl (C=O) groups is 1. The number of ketones is 1. The van der Waals surface area contributed by atoms with Crippen LogP contribution in [0.1, 0.15) is 37.8 Å². The molecule has 1 aliphatic rings. The van der Waals surface area contributed by atoms with Crippen molar-refractivity contribution in [2.75, 3.05) is 0 Å². The van der Waals surface area contributed by atoms with E-state index in [1.54, 1.807) is 13.0 Å². The number of nitrogens with zero attached hydrogens (tertiary/aromatic N) is 1. The summed E-state index contributed by atoms with van der Waals surface area (Å²) in [5, 5.41) is 0. The second kappa shape index (κ2) is 6.71. The SMILES string of the molecule is CC(=Nc1ccccc1)C1CCC(C)(c2cccc(C(F)(F)F)c2)C1=O. The molecule has 0 heterocycles. The quantitative estimate of drug-likeness (QED) is 0.643. The van der Waals surface area contributed by atoms with Crippen molar-refractivity contribution in [2.24, 2.45) is 10.9 Å². The summed E-state index contributed by atoms with van der Waals surface area (Å²) >= 11 is 0. The molecule has 3 rings (SSSR count). The van der Waals surface area contributed by atoms with Crippen molar-refractivity contribution < 1.29 is 18.0 Å². The second-order valence-corrected chi connectivity index (χ2v) is 6.95. The Hall–Kier alpha value is -2.43. The van der Waals surface area contributed by atoms with Crippen LogP contribution in [0.4, 0.5) is 18.9 Å². The number of hydrogen-bond donors (Lipinski definition) is 0. The average Bonchev–Trinajstić information content (AvgIpc) is 2.92. The van der Waals surface area contributed by atoms with Crippen LogP contribution in [0.3, 0.4) is 0 Å². The molecular formula is C21H20F3NO. The molecule has 1 fully saturated rings. The fourth-order valence-corrected chi connectivity index (χ4v) is 3.58. The minimum Gasteiger partial charge on any atom is -0.298 e. The molecule has 0 spiro atoms. The number of halogens is 3. The molecule has 136 valence electrons. The van der Waals surface area contributed by atoms with E-state index in [9.17, 15) is 18.0 Å². The van der Waals surface area contributed by atoms with E-state index < -0.39 is 17.2 Å². The van der Waals surface area contributed by atoms with Crippen LogP contribution in [0.5, 0.6) is 0 Å². The summed E-state index contributed by atoms with van der Waals surface area (Å²) < 4.78 is 39.1. The van der Waals surface area contributed by atoms with Gasteiger partial charge in [0.15, 0.2) is 5.78 Å². The molecule has 2 atom stereocenters. The molecule has 0 bridgehead atoms. The molecule has 2 unspecified atom stereocenters. The first kappa shape index (κ1) is 18.4. The van der Waals surface area contributed by atoms with Crippen molar-refractivity contribution in [1.29, 1.82) is 0 Å². The van der Waals surface area contributed by atoms with Gasteiger partial charge in [0.25, 0.3) is 0 Å². The third-order valence-electron chi connectivity index (χ3n) is 5.19. The van der Waals surface area contributed by atoms with Gasteiger partial charge in [0.05, 0.1) is 22.6 Å². The van der Waals surface area contributed by atoms with Crippen LogP contribution in [0, 0.1) is 5.92 Å². The number of benzene rings is 2. The zero-order valence-corrected chi connectivity index (χ0v) is 14.7. The normalized spacial score (nSPS) is 24.1. The van der Waals surface area contributed by atoms with Gasteiger partial charge in [-0.1, -0.05) is 36.4 Å². The lowest BCUT2D eigenvalue weighted by molar-refractivity contribution is -0.137. The number of Topliss-reactive ketones (excluding diaryl/α,β-unsaturated/α-hetero) is 1. The van der Waals surface area contributed by atoms with Gasteiger partial charge < -0.3 is 0 Å². The molecule has 0 saturated heterocycles.